The van der Waals surface area contributed by atoms with Crippen LogP contribution in [-0.4, -0.2) is 10.6 Å². The maximum atomic E-state index is 13.2. The normalized spacial score (nSPS) is 17.0. The molecule has 8 heteroatoms. The number of aliphatic hydroxyl groups is 1. The zero-order valence-electron chi connectivity index (χ0n) is 12.0. The molecule has 3 rings (SSSR count). The first-order valence-electron chi connectivity index (χ1n) is 6.97. The Balaban J connectivity index is 1.97. The number of aliphatic hydroxyl groups excluding tert-OH is 1. The summed E-state index contributed by atoms with van der Waals surface area (Å²) in [5.74, 6) is -1.87. The zero-order valence-corrected chi connectivity index (χ0v) is 12.8. The van der Waals surface area contributed by atoms with Crippen LogP contribution < -0.4 is 4.74 Å². The third-order valence-corrected chi connectivity index (χ3v) is 4.43. The highest BCUT2D eigenvalue weighted by atomic mass is 32.2. The first kappa shape index (κ1) is 17.0. The number of rotatable bonds is 3. The molecule has 24 heavy (non-hydrogen) atoms. The van der Waals surface area contributed by atoms with E-state index in [1.54, 1.807) is 0 Å². The molecule has 0 radical (unpaired) electrons. The molecule has 1 aliphatic rings. The van der Waals surface area contributed by atoms with Gasteiger partial charge in [-0.15, -0.1) is 0 Å². The van der Waals surface area contributed by atoms with Crippen molar-refractivity contribution in [2.45, 2.75) is 29.3 Å². The maximum absolute atomic E-state index is 13.2. The van der Waals surface area contributed by atoms with Crippen molar-refractivity contribution in [1.29, 1.82) is 0 Å². The largest absolute Gasteiger partial charge is 0.457 e. The third-order valence-electron chi connectivity index (χ3n) is 3.62. The van der Waals surface area contributed by atoms with Gasteiger partial charge in [-0.05, 0) is 48.9 Å². The van der Waals surface area contributed by atoms with Gasteiger partial charge in [-0.3, -0.25) is 0 Å². The van der Waals surface area contributed by atoms with E-state index in [1.165, 1.54) is 18.2 Å². The average Bonchev–Trinajstić information content (AvgIpc) is 2.87. The Morgan fingerprint density at radius 1 is 1.08 bits per heavy atom. The van der Waals surface area contributed by atoms with Crippen molar-refractivity contribution in [3.63, 3.8) is 0 Å². The average molecular weight is 362 g/mol. The van der Waals surface area contributed by atoms with Gasteiger partial charge >= 0.3 is 5.51 Å². The number of ether oxygens (including phenoxy) is 1. The Morgan fingerprint density at radius 3 is 2.50 bits per heavy atom. The Hall–Kier alpha value is -1.80. The van der Waals surface area contributed by atoms with Crippen LogP contribution in [0.5, 0.6) is 11.5 Å². The first-order valence-corrected chi connectivity index (χ1v) is 7.79. The molecule has 0 spiro atoms. The van der Waals surface area contributed by atoms with Crippen LogP contribution in [0.15, 0.2) is 35.2 Å². The van der Waals surface area contributed by atoms with Crippen molar-refractivity contribution in [2.75, 3.05) is 0 Å². The highest BCUT2D eigenvalue weighted by molar-refractivity contribution is 8.00. The van der Waals surface area contributed by atoms with E-state index in [2.05, 4.69) is 0 Å². The molecule has 0 heterocycles. The van der Waals surface area contributed by atoms with E-state index in [0.29, 0.717) is 12.0 Å². The van der Waals surface area contributed by atoms with Gasteiger partial charge in [-0.1, -0.05) is 0 Å². The molecule has 0 fully saturated rings. The molecule has 0 saturated heterocycles. The van der Waals surface area contributed by atoms with E-state index in [0.717, 1.165) is 12.1 Å². The molecule has 1 unspecified atom stereocenters. The number of hydrogen-bond donors (Lipinski definition) is 1. The van der Waals surface area contributed by atoms with E-state index in [9.17, 15) is 27.1 Å². The summed E-state index contributed by atoms with van der Waals surface area (Å²) in [6, 6.07) is 5.51. The van der Waals surface area contributed by atoms with Crippen LogP contribution in [0.4, 0.5) is 22.0 Å². The number of thioether (sulfide) groups is 1. The standard InChI is InChI=1S/C16H11F5O2S/c17-10-3-1-8(7-11(10)18)23-13-5-6-14(24-16(19,20)21)15-9(13)2-4-12(15)22/h1,3,5-7,12,22H,2,4H2. The molecule has 2 aromatic carbocycles. The lowest BCUT2D eigenvalue weighted by Gasteiger charge is -2.16. The topological polar surface area (TPSA) is 29.5 Å². The molecule has 2 nitrogen and oxygen atoms in total. The van der Waals surface area contributed by atoms with Gasteiger partial charge in [0.15, 0.2) is 11.6 Å². The number of fused-ring (bicyclic) bond motifs is 1. The van der Waals surface area contributed by atoms with Crippen LogP contribution in [0.25, 0.3) is 0 Å². The summed E-state index contributed by atoms with van der Waals surface area (Å²) in [7, 11) is 0. The lowest BCUT2D eigenvalue weighted by atomic mass is 10.1. The highest BCUT2D eigenvalue weighted by Crippen LogP contribution is 2.47. The van der Waals surface area contributed by atoms with E-state index < -0.39 is 23.2 Å². The number of halogens is 5. The highest BCUT2D eigenvalue weighted by Gasteiger charge is 2.35. The maximum Gasteiger partial charge on any atom is 0.446 e. The van der Waals surface area contributed by atoms with Crippen molar-refractivity contribution in [2.24, 2.45) is 0 Å². The van der Waals surface area contributed by atoms with Gasteiger partial charge in [0.05, 0.1) is 6.10 Å². The quantitative estimate of drug-likeness (QED) is 0.590. The third kappa shape index (κ3) is 3.49. The van der Waals surface area contributed by atoms with Crippen LogP contribution in [-0.2, 0) is 6.42 Å². The molecule has 2 aromatic rings. The van der Waals surface area contributed by atoms with Crippen LogP contribution >= 0.6 is 11.8 Å². The summed E-state index contributed by atoms with van der Waals surface area (Å²) >= 11 is -0.296. The molecule has 0 amide bonds. The van der Waals surface area contributed by atoms with E-state index in [-0.39, 0.29) is 40.1 Å². The van der Waals surface area contributed by atoms with Crippen LogP contribution in [0, 0.1) is 11.6 Å². The Bertz CT molecular complexity index is 776. The van der Waals surface area contributed by atoms with Gasteiger partial charge < -0.3 is 9.84 Å². The molecular formula is C16H11F5O2S. The minimum Gasteiger partial charge on any atom is -0.457 e. The molecule has 128 valence electrons. The summed E-state index contributed by atoms with van der Waals surface area (Å²) in [5.41, 5.74) is -3.85. The monoisotopic (exact) mass is 362 g/mol. The van der Waals surface area contributed by atoms with Gasteiger partial charge in [-0.25, -0.2) is 8.78 Å². The minimum atomic E-state index is -4.47. The molecule has 0 saturated carbocycles. The van der Waals surface area contributed by atoms with Gasteiger partial charge in [0.2, 0.25) is 0 Å². The molecule has 0 aromatic heterocycles. The number of benzene rings is 2. The van der Waals surface area contributed by atoms with Crippen molar-refractivity contribution < 1.29 is 31.8 Å². The minimum absolute atomic E-state index is 0.0220. The van der Waals surface area contributed by atoms with E-state index in [1.807, 2.05) is 0 Å². The lowest BCUT2D eigenvalue weighted by Crippen LogP contribution is -2.03. The Kier molecular flexibility index (Phi) is 4.44. The summed E-state index contributed by atoms with van der Waals surface area (Å²) in [4.78, 5) is -0.0832. The summed E-state index contributed by atoms with van der Waals surface area (Å²) in [5, 5.41) is 9.98. The van der Waals surface area contributed by atoms with Gasteiger partial charge in [0.25, 0.3) is 0 Å². The van der Waals surface area contributed by atoms with Crippen LogP contribution in [0.2, 0.25) is 0 Å². The molecule has 0 bridgehead atoms. The Labute approximate surface area is 138 Å². The summed E-state index contributed by atoms with van der Waals surface area (Å²) in [6.45, 7) is 0. The molecule has 1 aliphatic carbocycles. The van der Waals surface area contributed by atoms with Crippen molar-refractivity contribution in [1.82, 2.24) is 0 Å². The molecule has 1 N–H and O–H groups in total. The number of alkyl halides is 3. The Morgan fingerprint density at radius 2 is 1.83 bits per heavy atom. The first-order chi connectivity index (χ1) is 11.2. The van der Waals surface area contributed by atoms with Crippen molar-refractivity contribution >= 4 is 11.8 Å². The molecular weight excluding hydrogens is 351 g/mol. The smallest absolute Gasteiger partial charge is 0.446 e. The molecule has 0 aliphatic heterocycles. The SMILES string of the molecule is OC1CCc2c(Oc3ccc(F)c(F)c3)ccc(SC(F)(F)F)c21. The van der Waals surface area contributed by atoms with Crippen LogP contribution in [0.1, 0.15) is 23.7 Å². The van der Waals surface area contributed by atoms with Gasteiger partial charge in [-0.2, -0.15) is 13.2 Å². The summed E-state index contributed by atoms with van der Waals surface area (Å²) in [6.07, 6.45) is -0.404. The lowest BCUT2D eigenvalue weighted by molar-refractivity contribution is -0.0328. The van der Waals surface area contributed by atoms with Crippen molar-refractivity contribution in [3.8, 4) is 11.5 Å². The predicted octanol–water partition coefficient (Wildman–Crippen LogP) is 5.35. The van der Waals surface area contributed by atoms with E-state index >= 15 is 0 Å². The zero-order chi connectivity index (χ0) is 17.5. The molecule has 1 atom stereocenters. The van der Waals surface area contributed by atoms with Crippen LogP contribution in [0.3, 0.4) is 0 Å². The second-order valence-corrected chi connectivity index (χ2v) is 6.34. The fraction of sp³-hybridized carbons (Fsp3) is 0.250. The fourth-order valence-electron chi connectivity index (χ4n) is 2.65. The second-order valence-electron chi connectivity index (χ2n) is 5.23. The van der Waals surface area contributed by atoms with Gasteiger partial charge in [0, 0.05) is 22.1 Å². The second kappa shape index (κ2) is 6.25. The number of hydrogen-bond acceptors (Lipinski definition) is 3. The summed E-state index contributed by atoms with van der Waals surface area (Å²) < 4.78 is 69.6. The fourth-order valence-corrected chi connectivity index (χ4v) is 3.40. The predicted molar refractivity (Wildman–Crippen MR) is 78.1 cm³/mol. The van der Waals surface area contributed by atoms with E-state index in [4.69, 9.17) is 4.74 Å². The van der Waals surface area contributed by atoms with Crippen molar-refractivity contribution in [3.05, 3.63) is 53.1 Å². The van der Waals surface area contributed by atoms with Gasteiger partial charge in [0.1, 0.15) is 11.5 Å².